The average molecular weight is 402 g/mol. The van der Waals surface area contributed by atoms with Gasteiger partial charge in [-0.1, -0.05) is 66.2 Å². The average Bonchev–Trinajstić information content (AvgIpc) is 2.76. The second kappa shape index (κ2) is 10.4. The fraction of sp³-hybridized carbons (Fsp3) is 0.200. The zero-order valence-electron chi connectivity index (χ0n) is 17.3. The van der Waals surface area contributed by atoms with Crippen LogP contribution in [0, 0.1) is 6.92 Å². The van der Waals surface area contributed by atoms with Gasteiger partial charge in [-0.15, -0.1) is 0 Å². The van der Waals surface area contributed by atoms with Gasteiger partial charge >= 0.3 is 0 Å². The number of hydrogen-bond acceptors (Lipinski definition) is 3. The fourth-order valence-corrected chi connectivity index (χ4v) is 3.23. The Morgan fingerprint density at radius 2 is 1.57 bits per heavy atom. The van der Waals surface area contributed by atoms with E-state index in [9.17, 15) is 9.59 Å². The van der Waals surface area contributed by atoms with E-state index in [1.165, 1.54) is 5.56 Å². The van der Waals surface area contributed by atoms with E-state index in [0.717, 1.165) is 11.1 Å². The highest BCUT2D eigenvalue weighted by atomic mass is 16.2. The third-order valence-electron chi connectivity index (χ3n) is 4.76. The molecule has 0 radical (unpaired) electrons. The lowest BCUT2D eigenvalue weighted by atomic mass is 9.98. The predicted octanol–water partition coefficient (Wildman–Crippen LogP) is 4.06. The highest BCUT2D eigenvalue weighted by molar-refractivity contribution is 5.97. The Balaban J connectivity index is 1.68. The number of amides is 2. The summed E-state index contributed by atoms with van der Waals surface area (Å²) in [5.74, 6) is -0.327. The van der Waals surface area contributed by atoms with Gasteiger partial charge in [0.15, 0.2) is 0 Å². The van der Waals surface area contributed by atoms with E-state index >= 15 is 0 Å². The van der Waals surface area contributed by atoms with Crippen LogP contribution < -0.4 is 16.0 Å². The van der Waals surface area contributed by atoms with Crippen LogP contribution in [0.5, 0.6) is 0 Å². The highest BCUT2D eigenvalue weighted by Crippen LogP contribution is 2.22. The number of benzene rings is 3. The molecule has 0 unspecified atom stereocenters. The molecule has 154 valence electrons. The quantitative estimate of drug-likeness (QED) is 0.533. The predicted molar refractivity (Wildman–Crippen MR) is 121 cm³/mol. The molecule has 0 aromatic heterocycles. The summed E-state index contributed by atoms with van der Waals surface area (Å²) in [7, 11) is 0. The van der Waals surface area contributed by atoms with Gasteiger partial charge in [-0.25, -0.2) is 0 Å². The first-order valence-corrected chi connectivity index (χ1v) is 10.1. The molecule has 3 rings (SSSR count). The molecule has 0 saturated heterocycles. The van der Waals surface area contributed by atoms with Crippen LogP contribution in [0.2, 0.25) is 0 Å². The molecule has 0 fully saturated rings. The van der Waals surface area contributed by atoms with Crippen LogP contribution in [0.3, 0.4) is 0 Å². The maximum Gasteiger partial charge on any atom is 0.251 e. The lowest BCUT2D eigenvalue weighted by Gasteiger charge is -2.20. The summed E-state index contributed by atoms with van der Waals surface area (Å²) in [5.41, 5.74) is 4.49. The summed E-state index contributed by atoms with van der Waals surface area (Å²) >= 11 is 0. The molecular formula is C25H27N3O2. The fourth-order valence-electron chi connectivity index (χ4n) is 3.23. The van der Waals surface area contributed by atoms with Crippen molar-refractivity contribution in [1.82, 2.24) is 10.6 Å². The van der Waals surface area contributed by atoms with Crippen LogP contribution in [-0.2, 0) is 4.79 Å². The monoisotopic (exact) mass is 401 g/mol. The van der Waals surface area contributed by atoms with Crippen LogP contribution in [0.15, 0.2) is 78.9 Å². The number of nitrogens with one attached hydrogen (secondary N) is 3. The Labute approximate surface area is 177 Å². The first-order chi connectivity index (χ1) is 14.6. The number of carbonyl (C=O) groups is 2. The second-order valence-electron chi connectivity index (χ2n) is 7.12. The molecule has 0 bridgehead atoms. The topological polar surface area (TPSA) is 70.2 Å². The molecule has 0 aliphatic carbocycles. The second-order valence-corrected chi connectivity index (χ2v) is 7.12. The van der Waals surface area contributed by atoms with E-state index in [4.69, 9.17) is 0 Å². The summed E-state index contributed by atoms with van der Waals surface area (Å²) < 4.78 is 0. The van der Waals surface area contributed by atoms with Crippen molar-refractivity contribution < 1.29 is 9.59 Å². The van der Waals surface area contributed by atoms with E-state index in [1.54, 1.807) is 24.3 Å². The van der Waals surface area contributed by atoms with Crippen molar-refractivity contribution in [3.63, 3.8) is 0 Å². The van der Waals surface area contributed by atoms with Crippen molar-refractivity contribution in [2.45, 2.75) is 19.9 Å². The normalized spacial score (nSPS) is 11.5. The van der Waals surface area contributed by atoms with Crippen LogP contribution in [0.4, 0.5) is 5.69 Å². The molecule has 0 aliphatic heterocycles. The van der Waals surface area contributed by atoms with Gasteiger partial charge in [-0.05, 0) is 43.2 Å². The van der Waals surface area contributed by atoms with Gasteiger partial charge in [0, 0.05) is 17.8 Å². The largest absolute Gasteiger partial charge is 0.352 e. The number of hydrogen-bond donors (Lipinski definition) is 3. The smallest absolute Gasteiger partial charge is 0.251 e. The summed E-state index contributed by atoms with van der Waals surface area (Å²) in [6.07, 6.45) is 0. The lowest BCUT2D eigenvalue weighted by molar-refractivity contribution is -0.115. The van der Waals surface area contributed by atoms with Gasteiger partial charge in [0.2, 0.25) is 5.91 Å². The number of anilines is 1. The Kier molecular flexibility index (Phi) is 7.35. The first kappa shape index (κ1) is 21.3. The lowest BCUT2D eigenvalue weighted by Crippen LogP contribution is -2.32. The van der Waals surface area contributed by atoms with Crippen LogP contribution in [-0.4, -0.2) is 24.9 Å². The molecule has 2 amide bonds. The van der Waals surface area contributed by atoms with Crippen molar-refractivity contribution in [2.75, 3.05) is 18.4 Å². The Morgan fingerprint density at radius 3 is 2.27 bits per heavy atom. The van der Waals surface area contributed by atoms with Gasteiger partial charge in [0.25, 0.3) is 5.91 Å². The van der Waals surface area contributed by atoms with E-state index in [1.807, 2.05) is 37.3 Å². The zero-order chi connectivity index (χ0) is 21.3. The standard InChI is InChI=1S/C25H27N3O2/c1-3-26-25(30)21-10-7-11-22(16-21)28-23(29)17-27-24(19-8-5-4-6-9-19)20-14-12-18(2)13-15-20/h4-16,24,27H,3,17H2,1-2H3,(H,26,30)(H,28,29)/t24-/m0/s1. The molecule has 5 nitrogen and oxygen atoms in total. The Bertz CT molecular complexity index is 985. The molecule has 0 heterocycles. The minimum absolute atomic E-state index is 0.0979. The van der Waals surface area contributed by atoms with E-state index < -0.39 is 0 Å². The van der Waals surface area contributed by atoms with Gasteiger partial charge < -0.3 is 10.6 Å². The summed E-state index contributed by atoms with van der Waals surface area (Å²) in [5, 5.41) is 8.98. The minimum Gasteiger partial charge on any atom is -0.352 e. The Morgan fingerprint density at radius 1 is 0.867 bits per heavy atom. The van der Waals surface area contributed by atoms with Crippen LogP contribution in [0.25, 0.3) is 0 Å². The van der Waals surface area contributed by atoms with Gasteiger partial charge in [-0.2, -0.15) is 0 Å². The molecule has 0 spiro atoms. The van der Waals surface area contributed by atoms with Crippen molar-refractivity contribution in [1.29, 1.82) is 0 Å². The summed E-state index contributed by atoms with van der Waals surface area (Å²) in [4.78, 5) is 24.6. The van der Waals surface area contributed by atoms with Crippen molar-refractivity contribution >= 4 is 17.5 Å². The van der Waals surface area contributed by atoms with Gasteiger partial charge in [-0.3, -0.25) is 14.9 Å². The van der Waals surface area contributed by atoms with E-state index in [-0.39, 0.29) is 24.4 Å². The van der Waals surface area contributed by atoms with Crippen molar-refractivity contribution in [2.24, 2.45) is 0 Å². The number of aryl methyl sites for hydroxylation is 1. The molecule has 0 aliphatic rings. The van der Waals surface area contributed by atoms with Gasteiger partial charge in [0.1, 0.15) is 0 Å². The van der Waals surface area contributed by atoms with E-state index in [2.05, 4.69) is 47.1 Å². The van der Waals surface area contributed by atoms with Gasteiger partial charge in [0.05, 0.1) is 12.6 Å². The highest BCUT2D eigenvalue weighted by Gasteiger charge is 2.15. The number of rotatable bonds is 8. The number of carbonyl (C=O) groups excluding carboxylic acids is 2. The molecular weight excluding hydrogens is 374 g/mol. The molecule has 5 heteroatoms. The maximum atomic E-state index is 12.6. The van der Waals surface area contributed by atoms with E-state index in [0.29, 0.717) is 17.8 Å². The van der Waals surface area contributed by atoms with Crippen LogP contribution >= 0.6 is 0 Å². The maximum absolute atomic E-state index is 12.6. The van der Waals surface area contributed by atoms with Crippen molar-refractivity contribution in [3.05, 3.63) is 101 Å². The third-order valence-corrected chi connectivity index (χ3v) is 4.76. The molecule has 30 heavy (non-hydrogen) atoms. The minimum atomic E-state index is -0.170. The molecule has 1 atom stereocenters. The Hall–Kier alpha value is -3.44. The summed E-state index contributed by atoms with van der Waals surface area (Å²) in [6, 6.07) is 25.2. The summed E-state index contributed by atoms with van der Waals surface area (Å²) in [6.45, 7) is 4.61. The molecule has 3 N–H and O–H groups in total. The molecule has 0 saturated carbocycles. The third kappa shape index (κ3) is 5.78. The van der Waals surface area contributed by atoms with Crippen LogP contribution in [0.1, 0.15) is 40.0 Å². The SMILES string of the molecule is CCNC(=O)c1cccc(NC(=O)CN[C@@H](c2ccccc2)c2ccc(C)cc2)c1. The molecule has 3 aromatic carbocycles. The van der Waals surface area contributed by atoms with Crippen molar-refractivity contribution in [3.8, 4) is 0 Å². The zero-order valence-corrected chi connectivity index (χ0v) is 17.3. The first-order valence-electron chi connectivity index (χ1n) is 10.1. The molecule has 3 aromatic rings.